The largest absolute Gasteiger partial charge is 0.377 e. The summed E-state index contributed by atoms with van der Waals surface area (Å²) in [6, 6.07) is 9.97. The van der Waals surface area contributed by atoms with E-state index in [9.17, 15) is 13.0 Å². The van der Waals surface area contributed by atoms with Crippen LogP contribution < -0.4 is 4.18 Å². The minimum Gasteiger partial charge on any atom is -0.377 e. The lowest BCUT2D eigenvalue weighted by atomic mass is 10.0. The second-order valence-corrected chi connectivity index (χ2v) is 4.00. The molecule has 0 aliphatic carbocycles. The molecule has 1 N–H and O–H groups in total. The van der Waals surface area contributed by atoms with Crippen LogP contribution in [-0.4, -0.2) is 8.76 Å². The van der Waals surface area contributed by atoms with Crippen LogP contribution in [0.3, 0.4) is 0 Å². The summed E-state index contributed by atoms with van der Waals surface area (Å²) in [5, 5.41) is 0. The van der Waals surface area contributed by atoms with Crippen molar-refractivity contribution in [3.63, 3.8) is 0 Å². The van der Waals surface area contributed by atoms with Gasteiger partial charge < -0.3 is 4.18 Å². The van der Waals surface area contributed by atoms with E-state index in [2.05, 4.69) is 4.18 Å². The van der Waals surface area contributed by atoms with E-state index in [1.807, 2.05) is 0 Å². The first-order valence-electron chi connectivity index (χ1n) is 4.92. The normalized spacial score (nSPS) is 12.2. The number of hydrogen-bond donors (Lipinski definition) is 1. The topological polar surface area (TPSA) is 46.5 Å². The maximum absolute atomic E-state index is 14.0. The number of rotatable bonds is 3. The Morgan fingerprint density at radius 2 is 1.72 bits per heavy atom. The highest BCUT2D eigenvalue weighted by atomic mass is 32.2. The van der Waals surface area contributed by atoms with Crippen molar-refractivity contribution in [2.24, 2.45) is 0 Å². The molecule has 0 bridgehead atoms. The zero-order chi connectivity index (χ0) is 13.1. The maximum atomic E-state index is 14.0. The number of halogens is 2. The Labute approximate surface area is 105 Å². The Kier molecular flexibility index (Phi) is 3.69. The Bertz CT molecular complexity index is 587. The summed E-state index contributed by atoms with van der Waals surface area (Å²) in [6.45, 7) is 0. The van der Waals surface area contributed by atoms with Crippen LogP contribution in [0.25, 0.3) is 11.1 Å². The smallest absolute Gasteiger partial charge is 0.357 e. The van der Waals surface area contributed by atoms with Crippen LogP contribution in [0.15, 0.2) is 42.5 Å². The Morgan fingerprint density at radius 1 is 1.06 bits per heavy atom. The minimum absolute atomic E-state index is 0.293. The summed E-state index contributed by atoms with van der Waals surface area (Å²) >= 11 is -2.66. The van der Waals surface area contributed by atoms with E-state index in [-0.39, 0.29) is 5.56 Å². The Hall–Kier alpha value is -1.79. The molecule has 0 spiro atoms. The molecule has 1 unspecified atom stereocenters. The average molecular weight is 270 g/mol. The van der Waals surface area contributed by atoms with Crippen LogP contribution in [0.4, 0.5) is 8.78 Å². The lowest BCUT2D eigenvalue weighted by Crippen LogP contribution is -2.01. The molecule has 18 heavy (non-hydrogen) atoms. The lowest BCUT2D eigenvalue weighted by Gasteiger charge is -2.08. The molecule has 6 heteroatoms. The summed E-state index contributed by atoms with van der Waals surface area (Å²) < 4.78 is 51.0. The van der Waals surface area contributed by atoms with Crippen molar-refractivity contribution in [2.45, 2.75) is 0 Å². The van der Waals surface area contributed by atoms with Crippen LogP contribution in [0.5, 0.6) is 5.75 Å². The van der Waals surface area contributed by atoms with Crippen molar-refractivity contribution >= 4 is 11.4 Å². The Morgan fingerprint density at radius 3 is 2.33 bits per heavy atom. The highest BCUT2D eigenvalue weighted by Crippen LogP contribution is 2.31. The van der Waals surface area contributed by atoms with Gasteiger partial charge in [0, 0.05) is 0 Å². The molecule has 0 aliphatic rings. The summed E-state index contributed by atoms with van der Waals surface area (Å²) in [4.78, 5) is 0. The van der Waals surface area contributed by atoms with Gasteiger partial charge in [-0.3, -0.25) is 4.55 Å². The van der Waals surface area contributed by atoms with E-state index < -0.39 is 28.7 Å². The molecule has 0 amide bonds. The standard InChI is InChI=1S/C12H8F2O3S/c13-9-6-7-10(17-18(15)16)12(14)11(9)8-4-2-1-3-5-8/h1-7H,(H,15,16). The third kappa shape index (κ3) is 2.55. The van der Waals surface area contributed by atoms with Gasteiger partial charge in [-0.1, -0.05) is 30.3 Å². The average Bonchev–Trinajstić information content (AvgIpc) is 2.34. The van der Waals surface area contributed by atoms with Gasteiger partial charge in [-0.25, -0.2) is 8.78 Å². The third-order valence-corrected chi connectivity index (χ3v) is 2.60. The van der Waals surface area contributed by atoms with E-state index in [0.717, 1.165) is 12.1 Å². The fourth-order valence-electron chi connectivity index (χ4n) is 1.54. The first-order valence-corrected chi connectivity index (χ1v) is 5.95. The molecule has 2 rings (SSSR count). The first-order chi connectivity index (χ1) is 8.59. The molecule has 3 nitrogen and oxygen atoms in total. The van der Waals surface area contributed by atoms with Crippen molar-refractivity contribution in [1.82, 2.24) is 0 Å². The van der Waals surface area contributed by atoms with Crippen molar-refractivity contribution in [1.29, 1.82) is 0 Å². The van der Waals surface area contributed by atoms with E-state index >= 15 is 0 Å². The molecular weight excluding hydrogens is 262 g/mol. The fourth-order valence-corrected chi connectivity index (χ4v) is 1.83. The molecule has 0 fully saturated rings. The van der Waals surface area contributed by atoms with Gasteiger partial charge in [0.15, 0.2) is 11.6 Å². The molecule has 0 heterocycles. The summed E-state index contributed by atoms with van der Waals surface area (Å²) in [7, 11) is 0. The predicted octanol–water partition coefficient (Wildman–Crippen LogP) is 3.15. The monoisotopic (exact) mass is 270 g/mol. The second-order valence-electron chi connectivity index (χ2n) is 3.40. The summed E-state index contributed by atoms with van der Waals surface area (Å²) in [6.07, 6.45) is 0. The van der Waals surface area contributed by atoms with Crippen LogP contribution >= 0.6 is 0 Å². The SMILES string of the molecule is O=S(O)Oc1ccc(F)c(-c2ccccc2)c1F. The van der Waals surface area contributed by atoms with Gasteiger partial charge in [-0.15, -0.1) is 0 Å². The maximum Gasteiger partial charge on any atom is 0.357 e. The molecule has 0 radical (unpaired) electrons. The van der Waals surface area contributed by atoms with E-state index in [4.69, 9.17) is 4.55 Å². The zero-order valence-electron chi connectivity index (χ0n) is 8.97. The van der Waals surface area contributed by atoms with Gasteiger partial charge in [-0.2, -0.15) is 4.21 Å². The summed E-state index contributed by atoms with van der Waals surface area (Å²) in [5.41, 5.74) is 0.0280. The summed E-state index contributed by atoms with van der Waals surface area (Å²) in [5.74, 6) is -2.26. The van der Waals surface area contributed by atoms with Gasteiger partial charge >= 0.3 is 11.4 Å². The molecule has 0 aliphatic heterocycles. The fraction of sp³-hybridized carbons (Fsp3) is 0. The van der Waals surface area contributed by atoms with E-state index in [0.29, 0.717) is 5.56 Å². The van der Waals surface area contributed by atoms with Crippen LogP contribution in [0, 0.1) is 11.6 Å². The molecule has 1 atom stereocenters. The van der Waals surface area contributed by atoms with Crippen molar-refractivity contribution in [3.05, 3.63) is 54.1 Å². The second kappa shape index (κ2) is 5.24. The zero-order valence-corrected chi connectivity index (χ0v) is 9.79. The molecule has 0 saturated heterocycles. The molecule has 0 saturated carbocycles. The number of benzene rings is 2. The van der Waals surface area contributed by atoms with Crippen LogP contribution in [0.1, 0.15) is 0 Å². The molecule has 94 valence electrons. The predicted molar refractivity (Wildman–Crippen MR) is 63.2 cm³/mol. The lowest BCUT2D eigenvalue weighted by molar-refractivity contribution is 0.438. The quantitative estimate of drug-likeness (QED) is 0.871. The van der Waals surface area contributed by atoms with Gasteiger partial charge in [0.25, 0.3) is 0 Å². The van der Waals surface area contributed by atoms with Gasteiger partial charge in [-0.05, 0) is 17.7 Å². The molecular formula is C12H8F2O3S. The van der Waals surface area contributed by atoms with Gasteiger partial charge in [0.2, 0.25) is 0 Å². The molecule has 0 aromatic heterocycles. The van der Waals surface area contributed by atoms with Crippen LogP contribution in [-0.2, 0) is 11.4 Å². The highest BCUT2D eigenvalue weighted by molar-refractivity contribution is 7.74. The van der Waals surface area contributed by atoms with Crippen molar-refractivity contribution in [3.8, 4) is 16.9 Å². The van der Waals surface area contributed by atoms with Gasteiger partial charge in [0.05, 0.1) is 5.56 Å². The van der Waals surface area contributed by atoms with Crippen LogP contribution in [0.2, 0.25) is 0 Å². The van der Waals surface area contributed by atoms with E-state index in [1.165, 1.54) is 12.1 Å². The minimum atomic E-state index is -2.66. The van der Waals surface area contributed by atoms with Crippen molar-refractivity contribution < 1.29 is 21.7 Å². The first kappa shape index (κ1) is 12.7. The van der Waals surface area contributed by atoms with E-state index in [1.54, 1.807) is 18.2 Å². The third-order valence-electron chi connectivity index (χ3n) is 2.28. The van der Waals surface area contributed by atoms with Crippen molar-refractivity contribution in [2.75, 3.05) is 0 Å². The Balaban J connectivity index is 2.56. The molecule has 2 aromatic carbocycles. The van der Waals surface area contributed by atoms with Gasteiger partial charge in [0.1, 0.15) is 5.82 Å². The number of hydrogen-bond acceptors (Lipinski definition) is 2. The highest BCUT2D eigenvalue weighted by Gasteiger charge is 2.17. The molecule has 2 aromatic rings.